The summed E-state index contributed by atoms with van der Waals surface area (Å²) in [4.78, 5) is 4.31. The third-order valence-corrected chi connectivity index (χ3v) is 2.75. The molecule has 0 aliphatic carbocycles. The number of anilines is 1. The van der Waals surface area contributed by atoms with Crippen LogP contribution >= 0.6 is 0 Å². The highest BCUT2D eigenvalue weighted by Gasteiger charge is 2.09. The molecule has 0 unspecified atom stereocenters. The van der Waals surface area contributed by atoms with Gasteiger partial charge in [-0.05, 0) is 12.1 Å². The van der Waals surface area contributed by atoms with Crippen LogP contribution in [0.3, 0.4) is 0 Å². The van der Waals surface area contributed by atoms with Gasteiger partial charge in [0, 0.05) is 11.5 Å². The zero-order valence-corrected chi connectivity index (χ0v) is 11.1. The van der Waals surface area contributed by atoms with Gasteiger partial charge in [-0.15, -0.1) is 0 Å². The largest absolute Gasteiger partial charge is 0.481 e. The second kappa shape index (κ2) is 6.06. The molecule has 2 aromatic rings. The molecular weight excluding hydrogens is 266 g/mol. The Hall–Kier alpha value is -3.56. The number of allylic oxidation sites excluding steroid dienone is 2. The van der Waals surface area contributed by atoms with Crippen LogP contribution in [0.5, 0.6) is 5.88 Å². The van der Waals surface area contributed by atoms with Gasteiger partial charge in [-0.2, -0.15) is 15.8 Å². The summed E-state index contributed by atoms with van der Waals surface area (Å²) in [6.45, 7) is 0. The molecule has 0 bridgehead atoms. The van der Waals surface area contributed by atoms with Gasteiger partial charge >= 0.3 is 0 Å². The van der Waals surface area contributed by atoms with Gasteiger partial charge in [0.15, 0.2) is 5.57 Å². The van der Waals surface area contributed by atoms with Crippen LogP contribution < -0.4 is 10.1 Å². The third kappa shape index (κ3) is 2.73. The maximum Gasteiger partial charge on any atom is 0.213 e. The summed E-state index contributed by atoms with van der Waals surface area (Å²) in [5, 5.41) is 30.4. The van der Waals surface area contributed by atoms with Gasteiger partial charge in [-0.25, -0.2) is 4.98 Å². The van der Waals surface area contributed by atoms with Crippen LogP contribution in [0, 0.1) is 34.0 Å². The molecule has 0 aliphatic heterocycles. The number of pyridine rings is 1. The standard InChI is InChI=1S/C15H9N5O/c1-21-14-6-5-10-3-2-4-12(15(10)20-14)19-13(9-18)11(7-16)8-17/h2-6,19H,1H3. The molecule has 1 heterocycles. The average molecular weight is 275 g/mol. The first kappa shape index (κ1) is 13.9. The predicted octanol–water partition coefficient (Wildman–Crippen LogP) is 2.48. The van der Waals surface area contributed by atoms with E-state index in [4.69, 9.17) is 20.5 Å². The van der Waals surface area contributed by atoms with Crippen molar-refractivity contribution >= 4 is 16.6 Å². The van der Waals surface area contributed by atoms with Crippen molar-refractivity contribution in [1.82, 2.24) is 4.98 Å². The van der Waals surface area contributed by atoms with Crippen molar-refractivity contribution in [1.29, 1.82) is 15.8 Å². The van der Waals surface area contributed by atoms with Crippen molar-refractivity contribution in [3.05, 3.63) is 41.6 Å². The van der Waals surface area contributed by atoms with Crippen LogP contribution in [-0.4, -0.2) is 12.1 Å². The molecule has 2 rings (SSSR count). The van der Waals surface area contributed by atoms with Gasteiger partial charge in [0.25, 0.3) is 0 Å². The predicted molar refractivity (Wildman–Crippen MR) is 75.8 cm³/mol. The number of rotatable bonds is 3. The monoisotopic (exact) mass is 275 g/mol. The Morgan fingerprint density at radius 3 is 2.48 bits per heavy atom. The molecule has 0 spiro atoms. The third-order valence-electron chi connectivity index (χ3n) is 2.75. The van der Waals surface area contributed by atoms with Gasteiger partial charge in [0.05, 0.1) is 18.3 Å². The van der Waals surface area contributed by atoms with E-state index < -0.39 is 0 Å². The van der Waals surface area contributed by atoms with Crippen LogP contribution in [0.25, 0.3) is 10.9 Å². The molecule has 0 aliphatic rings. The van der Waals surface area contributed by atoms with Crippen molar-refractivity contribution in [2.75, 3.05) is 12.4 Å². The molecule has 1 aromatic carbocycles. The van der Waals surface area contributed by atoms with E-state index in [0.29, 0.717) is 17.1 Å². The van der Waals surface area contributed by atoms with E-state index in [0.717, 1.165) is 5.39 Å². The molecule has 1 N–H and O–H groups in total. The minimum atomic E-state index is -0.280. The van der Waals surface area contributed by atoms with Crippen molar-refractivity contribution in [2.24, 2.45) is 0 Å². The van der Waals surface area contributed by atoms with Crippen LogP contribution in [-0.2, 0) is 0 Å². The zero-order valence-electron chi connectivity index (χ0n) is 11.1. The maximum absolute atomic E-state index is 9.08. The Balaban J connectivity index is 2.58. The second-order valence-corrected chi connectivity index (χ2v) is 3.94. The van der Waals surface area contributed by atoms with E-state index in [2.05, 4.69) is 10.3 Å². The fraction of sp³-hybridized carbons (Fsp3) is 0.0667. The summed E-state index contributed by atoms with van der Waals surface area (Å²) in [5.41, 5.74) is 0.709. The van der Waals surface area contributed by atoms with E-state index in [1.54, 1.807) is 30.3 Å². The molecule has 21 heavy (non-hydrogen) atoms. The summed E-state index contributed by atoms with van der Waals surface area (Å²) in [6, 6.07) is 14.1. The van der Waals surface area contributed by atoms with Gasteiger partial charge in [0.1, 0.15) is 23.9 Å². The highest BCUT2D eigenvalue weighted by Crippen LogP contribution is 2.25. The first-order chi connectivity index (χ1) is 10.2. The molecule has 100 valence electrons. The summed E-state index contributed by atoms with van der Waals surface area (Å²) < 4.78 is 5.08. The SMILES string of the molecule is COc1ccc2cccc(NC(C#N)=C(C#N)C#N)c2n1. The fourth-order valence-electron chi connectivity index (χ4n) is 1.76. The number of aromatic nitrogens is 1. The van der Waals surface area contributed by atoms with Crippen molar-refractivity contribution in [3.63, 3.8) is 0 Å². The Bertz CT molecular complexity index is 833. The van der Waals surface area contributed by atoms with Crippen LogP contribution in [0.4, 0.5) is 5.69 Å². The molecular formula is C15H9N5O. The molecule has 0 saturated heterocycles. The van der Waals surface area contributed by atoms with Gasteiger partial charge < -0.3 is 10.1 Å². The smallest absolute Gasteiger partial charge is 0.213 e. The van der Waals surface area contributed by atoms with Crippen LogP contribution in [0.15, 0.2) is 41.6 Å². The second-order valence-electron chi connectivity index (χ2n) is 3.94. The first-order valence-corrected chi connectivity index (χ1v) is 5.89. The number of fused-ring (bicyclic) bond motifs is 1. The molecule has 0 saturated carbocycles. The number of nitriles is 3. The molecule has 0 amide bonds. The van der Waals surface area contributed by atoms with Crippen molar-refractivity contribution in [3.8, 4) is 24.1 Å². The Kier molecular flexibility index (Phi) is 4.00. The van der Waals surface area contributed by atoms with Gasteiger partial charge in [-0.3, -0.25) is 0 Å². The Morgan fingerprint density at radius 1 is 1.10 bits per heavy atom. The van der Waals surface area contributed by atoms with E-state index in [-0.39, 0.29) is 11.3 Å². The molecule has 6 heteroatoms. The van der Waals surface area contributed by atoms with E-state index in [9.17, 15) is 0 Å². The lowest BCUT2D eigenvalue weighted by Crippen LogP contribution is -2.02. The van der Waals surface area contributed by atoms with E-state index in [1.165, 1.54) is 7.11 Å². The Labute approximate surface area is 121 Å². The number of methoxy groups -OCH3 is 1. The number of nitrogens with zero attached hydrogens (tertiary/aromatic N) is 4. The minimum absolute atomic E-state index is 0.114. The molecule has 0 fully saturated rings. The number of nitrogens with one attached hydrogen (secondary N) is 1. The number of hydrogen-bond donors (Lipinski definition) is 1. The summed E-state index contributed by atoms with van der Waals surface area (Å²) in [5.74, 6) is 0.431. The van der Waals surface area contributed by atoms with E-state index in [1.807, 2.05) is 18.2 Å². The molecule has 6 nitrogen and oxygen atoms in total. The number of hydrogen-bond acceptors (Lipinski definition) is 6. The van der Waals surface area contributed by atoms with E-state index >= 15 is 0 Å². The Morgan fingerprint density at radius 2 is 1.86 bits per heavy atom. The first-order valence-electron chi connectivity index (χ1n) is 5.89. The minimum Gasteiger partial charge on any atom is -0.481 e. The quantitative estimate of drug-likeness (QED) is 0.862. The maximum atomic E-state index is 9.08. The van der Waals surface area contributed by atoms with Crippen molar-refractivity contribution in [2.45, 2.75) is 0 Å². The lowest BCUT2D eigenvalue weighted by Gasteiger charge is -2.09. The van der Waals surface area contributed by atoms with Gasteiger partial charge in [-0.1, -0.05) is 12.1 Å². The van der Waals surface area contributed by atoms with Crippen LogP contribution in [0.2, 0.25) is 0 Å². The molecule has 0 atom stereocenters. The van der Waals surface area contributed by atoms with Gasteiger partial charge in [0.2, 0.25) is 5.88 Å². The number of ether oxygens (including phenoxy) is 1. The lowest BCUT2D eigenvalue weighted by atomic mass is 10.1. The fourth-order valence-corrected chi connectivity index (χ4v) is 1.76. The lowest BCUT2D eigenvalue weighted by molar-refractivity contribution is 0.399. The zero-order chi connectivity index (χ0) is 15.2. The highest BCUT2D eigenvalue weighted by atomic mass is 16.5. The normalized spacial score (nSPS) is 9.05. The number of benzene rings is 1. The molecule has 1 aromatic heterocycles. The van der Waals surface area contributed by atoms with Crippen molar-refractivity contribution < 1.29 is 4.74 Å². The topological polar surface area (TPSA) is 106 Å². The summed E-state index contributed by atoms with van der Waals surface area (Å²) >= 11 is 0. The van der Waals surface area contributed by atoms with Crippen LogP contribution in [0.1, 0.15) is 0 Å². The summed E-state index contributed by atoms with van der Waals surface area (Å²) in [7, 11) is 1.51. The highest BCUT2D eigenvalue weighted by molar-refractivity contribution is 5.91. The average Bonchev–Trinajstić information content (AvgIpc) is 2.54. The number of para-hydroxylation sites is 1. The molecule has 0 radical (unpaired) electrons. The summed E-state index contributed by atoms with van der Waals surface area (Å²) in [6.07, 6.45) is 0.